The molecule has 1 aromatic carbocycles. The number of pyridine rings is 1. The van der Waals surface area contributed by atoms with Crippen molar-refractivity contribution in [3.63, 3.8) is 0 Å². The van der Waals surface area contributed by atoms with Gasteiger partial charge in [0.25, 0.3) is 0 Å². The van der Waals surface area contributed by atoms with Crippen LogP contribution in [-0.2, 0) is 6.61 Å². The van der Waals surface area contributed by atoms with Gasteiger partial charge in [0.05, 0.1) is 23.4 Å². The standard InChI is InChI=1S/C20H21ClN2O3S/c1-11-4-12(21)5-17(19(11)26-14-6-13(9-24)23-8-14)16-2-3-22-18-7-15(10-25)27-20(16)18/h2-5,7,13-14,23-25H,6,8-10H2,1H3/t13-,14-/m0/s1. The summed E-state index contributed by atoms with van der Waals surface area (Å²) in [5, 5.41) is 22.8. The predicted octanol–water partition coefficient (Wildman–Crippen LogP) is 3.52. The van der Waals surface area contributed by atoms with Gasteiger partial charge in [-0.25, -0.2) is 0 Å². The van der Waals surface area contributed by atoms with Crippen molar-refractivity contribution in [2.45, 2.75) is 32.1 Å². The van der Waals surface area contributed by atoms with Crippen LogP contribution in [0.2, 0.25) is 5.02 Å². The lowest BCUT2D eigenvalue weighted by molar-refractivity contribution is 0.206. The largest absolute Gasteiger partial charge is 0.488 e. The average Bonchev–Trinajstić information content (AvgIpc) is 3.29. The van der Waals surface area contributed by atoms with E-state index in [1.807, 2.05) is 31.2 Å². The second kappa shape index (κ2) is 7.73. The lowest BCUT2D eigenvalue weighted by Gasteiger charge is -2.19. The summed E-state index contributed by atoms with van der Waals surface area (Å²) in [4.78, 5) is 5.29. The first kappa shape index (κ1) is 18.7. The van der Waals surface area contributed by atoms with Crippen LogP contribution < -0.4 is 10.1 Å². The molecule has 1 aliphatic rings. The molecule has 142 valence electrons. The van der Waals surface area contributed by atoms with Crippen LogP contribution in [0.4, 0.5) is 0 Å². The van der Waals surface area contributed by atoms with Gasteiger partial charge in [-0.1, -0.05) is 11.6 Å². The van der Waals surface area contributed by atoms with Crippen molar-refractivity contribution in [3.05, 3.63) is 45.9 Å². The summed E-state index contributed by atoms with van der Waals surface area (Å²) in [6.07, 6.45) is 2.52. The van der Waals surface area contributed by atoms with Crippen LogP contribution in [0.5, 0.6) is 5.75 Å². The lowest BCUT2D eigenvalue weighted by Crippen LogP contribution is -2.25. The second-order valence-corrected chi connectivity index (χ2v) is 8.38. The van der Waals surface area contributed by atoms with Crippen molar-refractivity contribution in [3.8, 4) is 16.9 Å². The molecule has 0 amide bonds. The molecule has 2 aromatic heterocycles. The number of benzene rings is 1. The van der Waals surface area contributed by atoms with Crippen LogP contribution in [-0.4, -0.2) is 40.5 Å². The van der Waals surface area contributed by atoms with E-state index in [2.05, 4.69) is 10.3 Å². The average molecular weight is 405 g/mol. The number of aliphatic hydroxyl groups excluding tert-OH is 2. The van der Waals surface area contributed by atoms with Gasteiger partial charge in [-0.15, -0.1) is 11.3 Å². The molecule has 0 unspecified atom stereocenters. The Kier molecular flexibility index (Phi) is 5.34. The summed E-state index contributed by atoms with van der Waals surface area (Å²) >= 11 is 7.89. The van der Waals surface area contributed by atoms with E-state index in [1.165, 1.54) is 11.3 Å². The highest BCUT2D eigenvalue weighted by Gasteiger charge is 2.27. The number of fused-ring (bicyclic) bond motifs is 1. The van der Waals surface area contributed by atoms with Gasteiger partial charge in [-0.2, -0.15) is 0 Å². The number of aliphatic hydroxyl groups is 2. The highest BCUT2D eigenvalue weighted by atomic mass is 35.5. The Bertz CT molecular complexity index is 975. The maximum atomic E-state index is 9.49. The lowest BCUT2D eigenvalue weighted by atomic mass is 10.0. The van der Waals surface area contributed by atoms with Crippen molar-refractivity contribution in [2.24, 2.45) is 0 Å². The Balaban J connectivity index is 1.80. The molecule has 0 bridgehead atoms. The number of aromatic nitrogens is 1. The number of ether oxygens (including phenoxy) is 1. The predicted molar refractivity (Wildman–Crippen MR) is 109 cm³/mol. The highest BCUT2D eigenvalue weighted by Crippen LogP contribution is 2.42. The molecule has 7 heteroatoms. The number of halogens is 1. The Labute approximate surface area is 166 Å². The van der Waals surface area contributed by atoms with Crippen LogP contribution in [0.15, 0.2) is 30.5 Å². The van der Waals surface area contributed by atoms with E-state index in [-0.39, 0.29) is 25.4 Å². The molecule has 0 spiro atoms. The molecule has 3 heterocycles. The minimum atomic E-state index is -0.00527. The molecule has 1 fully saturated rings. The maximum Gasteiger partial charge on any atom is 0.130 e. The third-order valence-corrected chi connectivity index (χ3v) is 6.20. The zero-order valence-electron chi connectivity index (χ0n) is 14.9. The molecular weight excluding hydrogens is 384 g/mol. The van der Waals surface area contributed by atoms with Gasteiger partial charge in [-0.05, 0) is 36.8 Å². The number of hydrogen-bond acceptors (Lipinski definition) is 6. The molecule has 1 aliphatic heterocycles. The summed E-state index contributed by atoms with van der Waals surface area (Å²) in [6.45, 7) is 2.79. The number of thiophene rings is 1. The minimum absolute atomic E-state index is 0.00515. The number of hydrogen-bond donors (Lipinski definition) is 3. The summed E-state index contributed by atoms with van der Waals surface area (Å²) in [6, 6.07) is 7.76. The van der Waals surface area contributed by atoms with Crippen molar-refractivity contribution < 1.29 is 14.9 Å². The molecule has 2 atom stereocenters. The first-order valence-electron chi connectivity index (χ1n) is 8.88. The van der Waals surface area contributed by atoms with Gasteiger partial charge in [0.15, 0.2) is 0 Å². The normalized spacial score (nSPS) is 19.7. The van der Waals surface area contributed by atoms with Crippen LogP contribution in [0, 0.1) is 6.92 Å². The fourth-order valence-electron chi connectivity index (χ4n) is 3.54. The zero-order chi connectivity index (χ0) is 19.0. The number of nitrogens with zero attached hydrogens (tertiary/aromatic N) is 1. The van der Waals surface area contributed by atoms with E-state index in [0.717, 1.165) is 44.0 Å². The first-order valence-corrected chi connectivity index (χ1v) is 10.1. The Morgan fingerprint density at radius 1 is 1.30 bits per heavy atom. The van der Waals surface area contributed by atoms with E-state index in [4.69, 9.17) is 16.3 Å². The van der Waals surface area contributed by atoms with Crippen molar-refractivity contribution >= 4 is 33.2 Å². The van der Waals surface area contributed by atoms with Crippen molar-refractivity contribution in [2.75, 3.05) is 13.2 Å². The fourth-order valence-corrected chi connectivity index (χ4v) is 4.82. The van der Waals surface area contributed by atoms with E-state index >= 15 is 0 Å². The monoisotopic (exact) mass is 404 g/mol. The molecule has 1 saturated heterocycles. The van der Waals surface area contributed by atoms with E-state index in [1.54, 1.807) is 6.20 Å². The Morgan fingerprint density at radius 2 is 2.15 bits per heavy atom. The van der Waals surface area contributed by atoms with Gasteiger partial charge in [0.2, 0.25) is 0 Å². The Morgan fingerprint density at radius 3 is 2.89 bits per heavy atom. The molecule has 4 rings (SSSR count). The number of aryl methyl sites for hydroxylation is 1. The maximum absolute atomic E-state index is 9.49. The highest BCUT2D eigenvalue weighted by molar-refractivity contribution is 7.19. The van der Waals surface area contributed by atoms with E-state index in [9.17, 15) is 10.2 Å². The molecule has 0 radical (unpaired) electrons. The van der Waals surface area contributed by atoms with Gasteiger partial charge >= 0.3 is 0 Å². The molecule has 3 aromatic rings. The fraction of sp³-hybridized carbons (Fsp3) is 0.350. The molecular formula is C20H21ClN2O3S. The van der Waals surface area contributed by atoms with Crippen LogP contribution in [0.1, 0.15) is 16.9 Å². The van der Waals surface area contributed by atoms with Gasteiger partial charge in [-0.3, -0.25) is 4.98 Å². The van der Waals surface area contributed by atoms with Crippen molar-refractivity contribution in [1.82, 2.24) is 10.3 Å². The third kappa shape index (κ3) is 3.68. The topological polar surface area (TPSA) is 74.6 Å². The molecule has 3 N–H and O–H groups in total. The zero-order valence-corrected chi connectivity index (χ0v) is 16.5. The van der Waals surface area contributed by atoms with Gasteiger partial charge in [0.1, 0.15) is 11.9 Å². The summed E-state index contributed by atoms with van der Waals surface area (Å²) in [7, 11) is 0. The Hall–Kier alpha value is -1.70. The SMILES string of the molecule is Cc1cc(Cl)cc(-c2ccnc3cc(CO)sc23)c1O[C@@H]1CN[C@H](CO)C1. The number of rotatable bonds is 5. The molecule has 0 aliphatic carbocycles. The quantitative estimate of drug-likeness (QED) is 0.606. The number of nitrogens with one attached hydrogen (secondary N) is 1. The van der Waals surface area contributed by atoms with Crippen molar-refractivity contribution in [1.29, 1.82) is 0 Å². The van der Waals surface area contributed by atoms with Gasteiger partial charge in [0, 0.05) is 46.2 Å². The third-order valence-electron chi connectivity index (χ3n) is 4.83. The molecule has 27 heavy (non-hydrogen) atoms. The van der Waals surface area contributed by atoms with Crippen LogP contribution in [0.25, 0.3) is 21.3 Å². The van der Waals surface area contributed by atoms with Crippen LogP contribution >= 0.6 is 22.9 Å². The summed E-state index contributed by atoms with van der Waals surface area (Å²) in [5.41, 5.74) is 3.74. The summed E-state index contributed by atoms with van der Waals surface area (Å²) < 4.78 is 7.37. The molecule has 5 nitrogen and oxygen atoms in total. The smallest absolute Gasteiger partial charge is 0.130 e. The summed E-state index contributed by atoms with van der Waals surface area (Å²) in [5.74, 6) is 0.802. The first-order chi connectivity index (χ1) is 13.1. The van der Waals surface area contributed by atoms with Gasteiger partial charge < -0.3 is 20.3 Å². The minimum Gasteiger partial charge on any atom is -0.488 e. The second-order valence-electron chi connectivity index (χ2n) is 6.81. The van der Waals surface area contributed by atoms with Crippen LogP contribution in [0.3, 0.4) is 0 Å². The molecule has 0 saturated carbocycles. The van der Waals surface area contributed by atoms with E-state index < -0.39 is 0 Å². The van der Waals surface area contributed by atoms with E-state index in [0.29, 0.717) is 11.6 Å².